The molecule has 0 aliphatic rings. The van der Waals surface area contributed by atoms with Gasteiger partial charge < -0.3 is 9.64 Å². The van der Waals surface area contributed by atoms with Gasteiger partial charge in [-0.2, -0.15) is 0 Å². The average Bonchev–Trinajstić information content (AvgIpc) is 2.91. The summed E-state index contributed by atoms with van der Waals surface area (Å²) < 4.78 is 8.24. The van der Waals surface area contributed by atoms with Crippen LogP contribution in [-0.4, -0.2) is 40.2 Å². The lowest BCUT2D eigenvalue weighted by Crippen LogP contribution is -2.38. The van der Waals surface area contributed by atoms with Crippen LogP contribution in [0.5, 0.6) is 0 Å². The molecule has 2 aromatic carbocycles. The largest absolute Gasteiger partial charge is 0.383 e. The summed E-state index contributed by atoms with van der Waals surface area (Å²) in [5.74, 6) is -0.107. The van der Waals surface area contributed by atoms with Crippen molar-refractivity contribution in [2.24, 2.45) is 7.05 Å². The predicted octanol–water partition coefficient (Wildman–Crippen LogP) is 2.02. The number of fused-ring (bicyclic) bond motifs is 1. The van der Waals surface area contributed by atoms with Crippen LogP contribution in [0.3, 0.4) is 0 Å². The second-order valence-corrected chi connectivity index (χ2v) is 6.21. The molecule has 0 saturated carbocycles. The predicted molar refractivity (Wildman–Crippen MR) is 101 cm³/mol. The van der Waals surface area contributed by atoms with Gasteiger partial charge in [0.15, 0.2) is 0 Å². The lowest BCUT2D eigenvalue weighted by atomic mass is 10.2. The minimum atomic E-state index is -0.189. The number of hydrogen-bond acceptors (Lipinski definition) is 3. The van der Waals surface area contributed by atoms with Crippen molar-refractivity contribution in [3.63, 3.8) is 0 Å². The number of methoxy groups -OCH3 is 1. The maximum absolute atomic E-state index is 12.9. The van der Waals surface area contributed by atoms with E-state index in [1.54, 1.807) is 23.6 Å². The average molecular weight is 353 g/mol. The van der Waals surface area contributed by atoms with Crippen molar-refractivity contribution in [3.8, 4) is 0 Å². The molecule has 1 heterocycles. The zero-order valence-corrected chi connectivity index (χ0v) is 15.1. The first-order chi connectivity index (χ1) is 12.6. The van der Waals surface area contributed by atoms with E-state index in [0.29, 0.717) is 19.7 Å². The highest BCUT2D eigenvalue weighted by Crippen LogP contribution is 2.12. The molecular formula is C20H23N3O3. The first-order valence-electron chi connectivity index (χ1n) is 8.56. The summed E-state index contributed by atoms with van der Waals surface area (Å²) in [6, 6.07) is 17.3. The molecule has 0 spiro atoms. The van der Waals surface area contributed by atoms with Crippen LogP contribution in [0.25, 0.3) is 11.0 Å². The summed E-state index contributed by atoms with van der Waals surface area (Å²) in [6.07, 6.45) is 0. The van der Waals surface area contributed by atoms with Gasteiger partial charge in [-0.1, -0.05) is 42.5 Å². The smallest absolute Gasteiger partial charge is 0.329 e. The summed E-state index contributed by atoms with van der Waals surface area (Å²) in [5.41, 5.74) is 2.43. The van der Waals surface area contributed by atoms with Crippen molar-refractivity contribution in [1.29, 1.82) is 0 Å². The third-order valence-electron chi connectivity index (χ3n) is 4.48. The second kappa shape index (κ2) is 8.01. The monoisotopic (exact) mass is 353 g/mol. The Hall–Kier alpha value is -2.86. The SMILES string of the molecule is COCCN(Cc1ccccc1)C(=O)Cn1c(=O)n(C)c2ccccc21. The van der Waals surface area contributed by atoms with Gasteiger partial charge in [0.2, 0.25) is 5.91 Å². The molecule has 1 amide bonds. The Morgan fingerprint density at radius 3 is 2.38 bits per heavy atom. The molecule has 3 aromatic rings. The molecule has 0 aliphatic carbocycles. The Morgan fingerprint density at radius 1 is 1.04 bits per heavy atom. The van der Waals surface area contributed by atoms with E-state index < -0.39 is 0 Å². The molecule has 0 fully saturated rings. The maximum atomic E-state index is 12.9. The molecule has 1 aromatic heterocycles. The fourth-order valence-electron chi connectivity index (χ4n) is 3.05. The molecule has 3 rings (SSSR count). The number of nitrogens with zero attached hydrogens (tertiary/aromatic N) is 3. The topological polar surface area (TPSA) is 56.5 Å². The number of benzene rings is 2. The minimum absolute atomic E-state index is 0.0106. The highest BCUT2D eigenvalue weighted by Gasteiger charge is 2.18. The zero-order valence-electron chi connectivity index (χ0n) is 15.1. The summed E-state index contributed by atoms with van der Waals surface area (Å²) in [5, 5.41) is 0. The maximum Gasteiger partial charge on any atom is 0.329 e. The number of para-hydroxylation sites is 2. The number of ether oxygens (including phenoxy) is 1. The van der Waals surface area contributed by atoms with Crippen molar-refractivity contribution >= 4 is 16.9 Å². The first-order valence-corrected chi connectivity index (χ1v) is 8.56. The van der Waals surface area contributed by atoms with E-state index in [-0.39, 0.29) is 18.1 Å². The molecule has 0 aliphatic heterocycles. The van der Waals surface area contributed by atoms with E-state index in [9.17, 15) is 9.59 Å². The lowest BCUT2D eigenvalue weighted by Gasteiger charge is -2.23. The van der Waals surface area contributed by atoms with E-state index in [1.165, 1.54) is 4.57 Å². The Bertz CT molecular complexity index is 944. The minimum Gasteiger partial charge on any atom is -0.383 e. The molecule has 26 heavy (non-hydrogen) atoms. The number of aromatic nitrogens is 2. The fraction of sp³-hybridized carbons (Fsp3) is 0.300. The number of hydrogen-bond donors (Lipinski definition) is 0. The van der Waals surface area contributed by atoms with Gasteiger partial charge >= 0.3 is 5.69 Å². The molecule has 0 bridgehead atoms. The van der Waals surface area contributed by atoms with E-state index in [4.69, 9.17) is 4.74 Å². The van der Waals surface area contributed by atoms with E-state index >= 15 is 0 Å². The Balaban J connectivity index is 1.86. The van der Waals surface area contributed by atoms with E-state index in [1.807, 2.05) is 54.6 Å². The van der Waals surface area contributed by atoms with Gasteiger partial charge in [0.05, 0.1) is 17.6 Å². The molecule has 136 valence electrons. The quantitative estimate of drug-likeness (QED) is 0.653. The van der Waals surface area contributed by atoms with Crippen LogP contribution in [0.15, 0.2) is 59.4 Å². The normalized spacial score (nSPS) is 11.0. The fourth-order valence-corrected chi connectivity index (χ4v) is 3.05. The molecule has 0 unspecified atom stereocenters. The van der Waals surface area contributed by atoms with Gasteiger partial charge in [0, 0.05) is 27.2 Å². The number of carbonyl (C=O) groups is 1. The van der Waals surface area contributed by atoms with Crippen molar-refractivity contribution in [1.82, 2.24) is 14.0 Å². The van der Waals surface area contributed by atoms with Crippen LogP contribution in [0.1, 0.15) is 5.56 Å². The van der Waals surface area contributed by atoms with Crippen LogP contribution in [0.2, 0.25) is 0 Å². The van der Waals surface area contributed by atoms with Crippen LogP contribution in [0, 0.1) is 0 Å². The Morgan fingerprint density at radius 2 is 1.69 bits per heavy atom. The third-order valence-corrected chi connectivity index (χ3v) is 4.48. The molecular weight excluding hydrogens is 330 g/mol. The summed E-state index contributed by atoms with van der Waals surface area (Å²) >= 11 is 0. The molecule has 0 radical (unpaired) electrons. The van der Waals surface area contributed by atoms with E-state index in [2.05, 4.69) is 0 Å². The lowest BCUT2D eigenvalue weighted by molar-refractivity contribution is -0.133. The zero-order chi connectivity index (χ0) is 18.5. The second-order valence-electron chi connectivity index (χ2n) is 6.21. The highest BCUT2D eigenvalue weighted by molar-refractivity contribution is 5.81. The number of carbonyl (C=O) groups excluding carboxylic acids is 1. The van der Waals surface area contributed by atoms with E-state index in [0.717, 1.165) is 16.6 Å². The number of amides is 1. The molecule has 6 heteroatoms. The standard InChI is InChI=1S/C20H23N3O3/c1-21-17-10-6-7-11-18(17)23(20(21)25)15-19(24)22(12-13-26-2)14-16-8-4-3-5-9-16/h3-11H,12-15H2,1-2H3. The number of imidazole rings is 1. The van der Waals surface area contributed by atoms with Gasteiger partial charge in [-0.15, -0.1) is 0 Å². The van der Waals surface area contributed by atoms with Crippen LogP contribution < -0.4 is 5.69 Å². The summed E-state index contributed by atoms with van der Waals surface area (Å²) in [7, 11) is 3.33. The van der Waals surface area contributed by atoms with Crippen LogP contribution in [0.4, 0.5) is 0 Å². The van der Waals surface area contributed by atoms with Crippen molar-refractivity contribution < 1.29 is 9.53 Å². The van der Waals surface area contributed by atoms with Crippen molar-refractivity contribution in [3.05, 3.63) is 70.6 Å². The first kappa shape index (κ1) is 17.9. The highest BCUT2D eigenvalue weighted by atomic mass is 16.5. The summed E-state index contributed by atoms with van der Waals surface area (Å²) in [6.45, 7) is 1.42. The van der Waals surface area contributed by atoms with Crippen molar-refractivity contribution in [2.45, 2.75) is 13.1 Å². The number of rotatable bonds is 7. The van der Waals surface area contributed by atoms with Gasteiger partial charge in [-0.3, -0.25) is 13.9 Å². The van der Waals surface area contributed by atoms with Gasteiger partial charge in [0.25, 0.3) is 0 Å². The Labute approximate surface area is 152 Å². The van der Waals surface area contributed by atoms with Gasteiger partial charge in [-0.05, 0) is 17.7 Å². The molecule has 0 N–H and O–H groups in total. The molecule has 0 saturated heterocycles. The summed E-state index contributed by atoms with van der Waals surface area (Å²) in [4.78, 5) is 27.2. The van der Waals surface area contributed by atoms with Crippen LogP contribution in [-0.2, 0) is 29.7 Å². The van der Waals surface area contributed by atoms with Gasteiger partial charge in [0.1, 0.15) is 6.54 Å². The molecule has 6 nitrogen and oxygen atoms in total. The third kappa shape index (κ3) is 3.70. The van der Waals surface area contributed by atoms with Crippen molar-refractivity contribution in [2.75, 3.05) is 20.3 Å². The van der Waals surface area contributed by atoms with Crippen LogP contribution >= 0.6 is 0 Å². The molecule has 0 atom stereocenters. The van der Waals surface area contributed by atoms with Gasteiger partial charge in [-0.25, -0.2) is 4.79 Å². The number of aryl methyl sites for hydroxylation is 1. The Kier molecular flexibility index (Phi) is 5.53.